The van der Waals surface area contributed by atoms with E-state index in [0.29, 0.717) is 19.1 Å². The van der Waals surface area contributed by atoms with E-state index >= 15 is 0 Å². The third-order valence-corrected chi connectivity index (χ3v) is 3.97. The first kappa shape index (κ1) is 21.6. The zero-order valence-electron chi connectivity index (χ0n) is 16.5. The highest BCUT2D eigenvalue weighted by Crippen LogP contribution is 2.30. The number of esters is 2. The van der Waals surface area contributed by atoms with Gasteiger partial charge >= 0.3 is 11.9 Å². The molecule has 0 radical (unpaired) electrons. The van der Waals surface area contributed by atoms with E-state index in [1.54, 1.807) is 6.92 Å². The van der Waals surface area contributed by atoms with Crippen molar-refractivity contribution < 1.29 is 33.3 Å². The van der Waals surface area contributed by atoms with Crippen molar-refractivity contribution in [2.45, 2.75) is 45.8 Å². The summed E-state index contributed by atoms with van der Waals surface area (Å²) in [6.07, 6.45) is 3.27. The maximum Gasteiger partial charge on any atom is 0.328 e. The minimum absolute atomic E-state index is 0.114. The lowest BCUT2D eigenvalue weighted by atomic mass is 10.2. The van der Waals surface area contributed by atoms with Crippen molar-refractivity contribution in [1.29, 1.82) is 0 Å². The fraction of sp³-hybridized carbons (Fsp3) is 0.579. The molecule has 0 unspecified atom stereocenters. The molecule has 0 saturated heterocycles. The van der Waals surface area contributed by atoms with Gasteiger partial charge in [-0.05, 0) is 32.6 Å². The molecule has 1 aromatic heterocycles. The van der Waals surface area contributed by atoms with Crippen LogP contribution in [0.2, 0.25) is 0 Å². The summed E-state index contributed by atoms with van der Waals surface area (Å²) >= 11 is 0. The molecule has 0 aromatic carbocycles. The molecule has 1 aliphatic rings. The maximum atomic E-state index is 12.5. The number of methoxy groups -OCH3 is 1. The molecule has 1 N–H and O–H groups in total. The average molecular weight is 394 g/mol. The van der Waals surface area contributed by atoms with Crippen LogP contribution in [0.4, 0.5) is 0 Å². The van der Waals surface area contributed by atoms with Gasteiger partial charge in [-0.15, -0.1) is 0 Å². The molecule has 2 atom stereocenters. The zero-order chi connectivity index (χ0) is 20.7. The van der Waals surface area contributed by atoms with E-state index < -0.39 is 30.0 Å². The molecule has 2 rings (SSSR count). The predicted molar refractivity (Wildman–Crippen MR) is 98.1 cm³/mol. The summed E-state index contributed by atoms with van der Waals surface area (Å²) in [6, 6.07) is 0.521. The number of nitrogens with zero attached hydrogens (tertiary/aromatic N) is 1. The van der Waals surface area contributed by atoms with Crippen molar-refractivity contribution in [2.75, 3.05) is 20.3 Å². The highest BCUT2D eigenvalue weighted by atomic mass is 16.6. The number of pyridine rings is 1. The Morgan fingerprint density at radius 1 is 1.29 bits per heavy atom. The Labute approximate surface area is 163 Å². The third kappa shape index (κ3) is 6.49. The smallest absolute Gasteiger partial charge is 0.328 e. The second-order valence-electron chi connectivity index (χ2n) is 6.71. The van der Waals surface area contributed by atoms with Gasteiger partial charge in [0.15, 0.2) is 11.4 Å². The minimum atomic E-state index is -0.934. The van der Waals surface area contributed by atoms with Crippen LogP contribution in [0.1, 0.15) is 44.1 Å². The monoisotopic (exact) mass is 394 g/mol. The van der Waals surface area contributed by atoms with Crippen LogP contribution < -0.4 is 14.8 Å². The van der Waals surface area contributed by atoms with E-state index in [1.807, 2.05) is 0 Å². The van der Waals surface area contributed by atoms with Gasteiger partial charge in [-0.2, -0.15) is 0 Å². The Hall–Kier alpha value is -2.68. The van der Waals surface area contributed by atoms with Crippen LogP contribution in [0, 0.1) is 5.92 Å². The molecule has 0 bridgehead atoms. The lowest BCUT2D eigenvalue weighted by Gasteiger charge is -2.18. The van der Waals surface area contributed by atoms with Crippen LogP contribution in [-0.4, -0.2) is 55.3 Å². The quantitative estimate of drug-likeness (QED) is 0.594. The van der Waals surface area contributed by atoms with Gasteiger partial charge in [-0.25, -0.2) is 9.78 Å². The number of carbonyl (C=O) groups is 3. The van der Waals surface area contributed by atoms with E-state index in [9.17, 15) is 14.4 Å². The molecule has 1 amide bonds. The molecular weight excluding hydrogens is 368 g/mol. The first-order valence-electron chi connectivity index (χ1n) is 9.12. The van der Waals surface area contributed by atoms with Crippen LogP contribution in [-0.2, 0) is 19.1 Å². The van der Waals surface area contributed by atoms with Crippen molar-refractivity contribution in [2.24, 2.45) is 5.92 Å². The van der Waals surface area contributed by atoms with Crippen LogP contribution >= 0.6 is 0 Å². The number of ether oxygens (including phenoxy) is 4. The summed E-state index contributed by atoms with van der Waals surface area (Å²) in [5.41, 5.74) is -0.171. The Balaban J connectivity index is 1.93. The van der Waals surface area contributed by atoms with E-state index in [1.165, 1.54) is 46.1 Å². The summed E-state index contributed by atoms with van der Waals surface area (Å²) in [7, 11) is 1.37. The van der Waals surface area contributed by atoms with Gasteiger partial charge in [0.25, 0.3) is 5.91 Å². The second kappa shape index (κ2) is 10.0. The Morgan fingerprint density at radius 3 is 2.61 bits per heavy atom. The summed E-state index contributed by atoms with van der Waals surface area (Å²) < 4.78 is 20.9. The topological polar surface area (TPSA) is 113 Å². The largest absolute Gasteiger partial charge is 0.493 e. The van der Waals surface area contributed by atoms with Crippen molar-refractivity contribution in [3.63, 3.8) is 0 Å². The summed E-state index contributed by atoms with van der Waals surface area (Å²) in [6.45, 7) is 5.39. The molecule has 1 fully saturated rings. The van der Waals surface area contributed by atoms with E-state index in [-0.39, 0.29) is 17.2 Å². The molecule has 0 aliphatic heterocycles. The average Bonchev–Trinajstić information content (AvgIpc) is 3.45. The molecule has 1 aliphatic carbocycles. The standard InChI is InChI=1S/C19H26N2O7/c1-11(9-26-10-14-5-6-14)27-19(24)12(2)21-18(23)16-17(28-13(3)22)15(25-4)7-8-20-16/h7-8,11-12,14H,5-6,9-10H2,1-4H3,(H,21,23)/t11-,12-/m0/s1. The Bertz CT molecular complexity index is 718. The maximum absolute atomic E-state index is 12.5. The normalized spacial score (nSPS) is 15.3. The number of hydrogen-bond donors (Lipinski definition) is 1. The molecule has 9 nitrogen and oxygen atoms in total. The fourth-order valence-corrected chi connectivity index (χ4v) is 2.34. The van der Waals surface area contributed by atoms with Crippen molar-refractivity contribution in [1.82, 2.24) is 10.3 Å². The van der Waals surface area contributed by atoms with E-state index in [4.69, 9.17) is 18.9 Å². The summed E-state index contributed by atoms with van der Waals surface area (Å²) in [5, 5.41) is 2.49. The summed E-state index contributed by atoms with van der Waals surface area (Å²) in [5.74, 6) is -1.25. The minimum Gasteiger partial charge on any atom is -0.493 e. The van der Waals surface area contributed by atoms with E-state index in [0.717, 1.165) is 0 Å². The first-order valence-corrected chi connectivity index (χ1v) is 9.12. The van der Waals surface area contributed by atoms with Crippen LogP contribution in [0.25, 0.3) is 0 Å². The van der Waals surface area contributed by atoms with Crippen molar-refractivity contribution in [3.05, 3.63) is 18.0 Å². The predicted octanol–water partition coefficient (Wildman–Crippen LogP) is 1.49. The highest BCUT2D eigenvalue weighted by Gasteiger charge is 2.26. The first-order chi connectivity index (χ1) is 13.3. The van der Waals surface area contributed by atoms with Gasteiger partial charge in [0.2, 0.25) is 5.75 Å². The van der Waals surface area contributed by atoms with Crippen LogP contribution in [0.3, 0.4) is 0 Å². The molecule has 9 heteroatoms. The third-order valence-electron chi connectivity index (χ3n) is 3.97. The van der Waals surface area contributed by atoms with E-state index in [2.05, 4.69) is 10.3 Å². The van der Waals surface area contributed by atoms with Crippen LogP contribution in [0.15, 0.2) is 12.3 Å². The van der Waals surface area contributed by atoms with Gasteiger partial charge in [0.1, 0.15) is 12.1 Å². The number of rotatable bonds is 10. The number of carbonyl (C=O) groups excluding carboxylic acids is 3. The molecule has 1 saturated carbocycles. The van der Waals surface area contributed by atoms with Crippen molar-refractivity contribution in [3.8, 4) is 11.5 Å². The molecule has 1 heterocycles. The van der Waals surface area contributed by atoms with Gasteiger partial charge in [-0.1, -0.05) is 0 Å². The van der Waals surface area contributed by atoms with Gasteiger partial charge in [0.05, 0.1) is 13.7 Å². The Morgan fingerprint density at radius 2 is 2.00 bits per heavy atom. The number of amides is 1. The molecular formula is C19H26N2O7. The number of hydrogen-bond acceptors (Lipinski definition) is 8. The SMILES string of the molecule is COc1ccnc(C(=O)N[C@@H](C)C(=O)O[C@@H](C)COCC2CC2)c1OC(C)=O. The lowest BCUT2D eigenvalue weighted by molar-refractivity contribution is -0.153. The zero-order valence-corrected chi connectivity index (χ0v) is 16.5. The van der Waals surface area contributed by atoms with Gasteiger partial charge in [0, 0.05) is 25.8 Å². The molecule has 1 aromatic rings. The van der Waals surface area contributed by atoms with Gasteiger partial charge < -0.3 is 24.3 Å². The van der Waals surface area contributed by atoms with Crippen LogP contribution in [0.5, 0.6) is 11.5 Å². The summed E-state index contributed by atoms with van der Waals surface area (Å²) in [4.78, 5) is 40.0. The number of nitrogens with one attached hydrogen (secondary N) is 1. The molecule has 28 heavy (non-hydrogen) atoms. The lowest BCUT2D eigenvalue weighted by Crippen LogP contribution is -2.41. The van der Waals surface area contributed by atoms with Gasteiger partial charge in [-0.3, -0.25) is 9.59 Å². The van der Waals surface area contributed by atoms with Crippen molar-refractivity contribution >= 4 is 17.8 Å². The number of aromatic nitrogens is 1. The fourth-order valence-electron chi connectivity index (χ4n) is 2.34. The molecule has 154 valence electrons. The molecule has 0 spiro atoms. The second-order valence-corrected chi connectivity index (χ2v) is 6.71. The highest BCUT2D eigenvalue weighted by molar-refractivity contribution is 5.98. The Kier molecular flexibility index (Phi) is 7.74.